The molecule has 1 heterocycles. The van der Waals surface area contributed by atoms with Crippen molar-refractivity contribution in [3.05, 3.63) is 53.7 Å². The number of alkyl halides is 3. The second kappa shape index (κ2) is 6.60. The van der Waals surface area contributed by atoms with Crippen molar-refractivity contribution in [2.24, 2.45) is 0 Å². The first-order chi connectivity index (χ1) is 10.4. The van der Waals surface area contributed by atoms with Gasteiger partial charge < -0.3 is 5.32 Å². The number of halogens is 3. The van der Waals surface area contributed by atoms with Crippen molar-refractivity contribution in [2.45, 2.75) is 26.1 Å². The summed E-state index contributed by atoms with van der Waals surface area (Å²) in [7, 11) is 0. The number of nitrogens with zero attached hydrogens (tertiary/aromatic N) is 1. The lowest BCUT2D eigenvalue weighted by molar-refractivity contribution is -0.137. The molecule has 0 bridgehead atoms. The summed E-state index contributed by atoms with van der Waals surface area (Å²) >= 11 is 0. The van der Waals surface area contributed by atoms with Crippen LogP contribution in [-0.2, 0) is 17.5 Å². The van der Waals surface area contributed by atoms with Crippen LogP contribution in [0.3, 0.4) is 0 Å². The molecule has 1 amide bonds. The number of hydrogen-bond acceptors (Lipinski definition) is 2. The normalized spacial score (nSPS) is 11.3. The van der Waals surface area contributed by atoms with Crippen molar-refractivity contribution < 1.29 is 18.0 Å². The summed E-state index contributed by atoms with van der Waals surface area (Å²) in [6.07, 6.45) is -2.59. The van der Waals surface area contributed by atoms with Crippen LogP contribution in [0, 0.1) is 0 Å². The van der Waals surface area contributed by atoms with Crippen molar-refractivity contribution in [1.29, 1.82) is 0 Å². The van der Waals surface area contributed by atoms with Gasteiger partial charge in [0.25, 0.3) is 0 Å². The molecule has 2 aromatic rings. The molecule has 0 aliphatic carbocycles. The van der Waals surface area contributed by atoms with Crippen LogP contribution in [0.2, 0.25) is 0 Å². The van der Waals surface area contributed by atoms with E-state index in [1.807, 2.05) is 0 Å². The molecule has 0 fully saturated rings. The van der Waals surface area contributed by atoms with Gasteiger partial charge in [0.15, 0.2) is 0 Å². The van der Waals surface area contributed by atoms with E-state index >= 15 is 0 Å². The van der Waals surface area contributed by atoms with E-state index in [-0.39, 0.29) is 12.5 Å². The lowest BCUT2D eigenvalue weighted by atomic mass is 10.00. The number of rotatable bonds is 4. The van der Waals surface area contributed by atoms with Crippen molar-refractivity contribution in [1.82, 2.24) is 10.3 Å². The first-order valence-corrected chi connectivity index (χ1v) is 6.80. The zero-order valence-electron chi connectivity index (χ0n) is 11.9. The molecule has 22 heavy (non-hydrogen) atoms. The van der Waals surface area contributed by atoms with Crippen LogP contribution in [0.4, 0.5) is 13.2 Å². The fourth-order valence-electron chi connectivity index (χ4n) is 1.99. The van der Waals surface area contributed by atoms with Gasteiger partial charge in [-0.25, -0.2) is 0 Å². The van der Waals surface area contributed by atoms with Crippen LogP contribution in [0.5, 0.6) is 0 Å². The van der Waals surface area contributed by atoms with Gasteiger partial charge >= 0.3 is 6.18 Å². The Hall–Kier alpha value is -2.37. The number of carbonyl (C=O) groups is 1. The van der Waals surface area contributed by atoms with Crippen molar-refractivity contribution in [2.75, 3.05) is 0 Å². The fourth-order valence-corrected chi connectivity index (χ4v) is 1.99. The highest BCUT2D eigenvalue weighted by Gasteiger charge is 2.31. The highest BCUT2D eigenvalue weighted by atomic mass is 19.4. The molecular formula is C16H15F3N2O. The molecule has 116 valence electrons. The summed E-state index contributed by atoms with van der Waals surface area (Å²) in [5.74, 6) is -0.160. The Morgan fingerprint density at radius 3 is 2.59 bits per heavy atom. The molecule has 0 aliphatic heterocycles. The van der Waals surface area contributed by atoms with Crippen LogP contribution in [0.25, 0.3) is 11.3 Å². The van der Waals surface area contributed by atoms with E-state index < -0.39 is 11.7 Å². The number of amides is 1. The van der Waals surface area contributed by atoms with Crippen LogP contribution >= 0.6 is 0 Å². The van der Waals surface area contributed by atoms with Gasteiger partial charge in [-0.1, -0.05) is 19.1 Å². The zero-order valence-corrected chi connectivity index (χ0v) is 11.9. The average Bonchev–Trinajstić information content (AvgIpc) is 2.52. The second-order valence-electron chi connectivity index (χ2n) is 4.71. The second-order valence-corrected chi connectivity index (χ2v) is 4.71. The van der Waals surface area contributed by atoms with E-state index in [1.54, 1.807) is 25.1 Å². The lowest BCUT2D eigenvalue weighted by Crippen LogP contribution is -2.22. The third kappa shape index (κ3) is 3.84. The number of hydrogen-bond donors (Lipinski definition) is 1. The SMILES string of the molecule is CCC(=O)NCc1ccc(C(F)(F)F)cc1-c1ccccn1. The first kappa shape index (κ1) is 16.0. The molecule has 0 saturated heterocycles. The molecule has 0 atom stereocenters. The largest absolute Gasteiger partial charge is 0.416 e. The van der Waals surface area contributed by atoms with Gasteiger partial charge in [-0.05, 0) is 29.8 Å². The van der Waals surface area contributed by atoms with Gasteiger partial charge in [0.2, 0.25) is 5.91 Å². The first-order valence-electron chi connectivity index (χ1n) is 6.80. The Morgan fingerprint density at radius 1 is 1.23 bits per heavy atom. The topological polar surface area (TPSA) is 42.0 Å². The molecule has 1 N–H and O–H groups in total. The summed E-state index contributed by atoms with van der Waals surface area (Å²) in [6.45, 7) is 1.87. The molecule has 3 nitrogen and oxygen atoms in total. The van der Waals surface area contributed by atoms with Gasteiger partial charge in [-0.15, -0.1) is 0 Å². The molecule has 0 saturated carbocycles. The van der Waals surface area contributed by atoms with E-state index in [4.69, 9.17) is 0 Å². The van der Waals surface area contributed by atoms with Crippen LogP contribution in [0.15, 0.2) is 42.6 Å². The van der Waals surface area contributed by atoms with E-state index in [2.05, 4.69) is 10.3 Å². The van der Waals surface area contributed by atoms with Crippen LogP contribution in [0.1, 0.15) is 24.5 Å². The van der Waals surface area contributed by atoms with Gasteiger partial charge in [0.05, 0.1) is 11.3 Å². The number of carbonyl (C=O) groups excluding carboxylic acids is 1. The van der Waals surface area contributed by atoms with Gasteiger partial charge in [-0.2, -0.15) is 13.2 Å². The Bertz CT molecular complexity index is 654. The Kier molecular flexibility index (Phi) is 4.80. The monoisotopic (exact) mass is 308 g/mol. The molecule has 1 aromatic carbocycles. The quantitative estimate of drug-likeness (QED) is 0.933. The average molecular weight is 308 g/mol. The minimum Gasteiger partial charge on any atom is -0.352 e. The van der Waals surface area contributed by atoms with Gasteiger partial charge in [0, 0.05) is 24.7 Å². The number of benzene rings is 1. The van der Waals surface area contributed by atoms with Gasteiger partial charge in [-0.3, -0.25) is 9.78 Å². The number of nitrogens with one attached hydrogen (secondary N) is 1. The van der Waals surface area contributed by atoms with E-state index in [0.29, 0.717) is 23.2 Å². The predicted molar refractivity (Wildman–Crippen MR) is 76.8 cm³/mol. The van der Waals surface area contributed by atoms with Crippen molar-refractivity contribution in [3.8, 4) is 11.3 Å². The smallest absolute Gasteiger partial charge is 0.352 e. The summed E-state index contributed by atoms with van der Waals surface area (Å²) in [5, 5.41) is 2.67. The lowest BCUT2D eigenvalue weighted by Gasteiger charge is -2.14. The summed E-state index contributed by atoms with van der Waals surface area (Å²) in [4.78, 5) is 15.5. The highest BCUT2D eigenvalue weighted by Crippen LogP contribution is 2.33. The van der Waals surface area contributed by atoms with E-state index in [1.165, 1.54) is 12.3 Å². The van der Waals surface area contributed by atoms with Gasteiger partial charge in [0.1, 0.15) is 0 Å². The maximum atomic E-state index is 12.9. The Labute approximate surface area is 126 Å². The molecule has 0 radical (unpaired) electrons. The van der Waals surface area contributed by atoms with E-state index in [0.717, 1.165) is 12.1 Å². The number of pyridine rings is 1. The predicted octanol–water partition coefficient (Wildman–Crippen LogP) is 3.79. The molecule has 0 spiro atoms. The van der Waals surface area contributed by atoms with Crippen LogP contribution in [-0.4, -0.2) is 10.9 Å². The minimum atomic E-state index is -4.42. The summed E-state index contributed by atoms with van der Waals surface area (Å²) in [6, 6.07) is 8.49. The fraction of sp³-hybridized carbons (Fsp3) is 0.250. The third-order valence-corrected chi connectivity index (χ3v) is 3.18. The van der Waals surface area contributed by atoms with E-state index in [9.17, 15) is 18.0 Å². The van der Waals surface area contributed by atoms with Crippen molar-refractivity contribution >= 4 is 5.91 Å². The van der Waals surface area contributed by atoms with Crippen LogP contribution < -0.4 is 5.32 Å². The molecule has 6 heteroatoms. The highest BCUT2D eigenvalue weighted by molar-refractivity contribution is 5.76. The Morgan fingerprint density at radius 2 is 2.00 bits per heavy atom. The Balaban J connectivity index is 2.42. The van der Waals surface area contributed by atoms with Crippen molar-refractivity contribution in [3.63, 3.8) is 0 Å². The maximum Gasteiger partial charge on any atom is 0.416 e. The standard InChI is InChI=1S/C16H15F3N2O/c1-2-15(22)21-10-11-6-7-12(16(17,18)19)9-13(11)14-5-3-4-8-20-14/h3-9H,2,10H2,1H3,(H,21,22). The molecule has 1 aromatic heterocycles. The molecule has 0 unspecified atom stereocenters. The molecule has 0 aliphatic rings. The molecular weight excluding hydrogens is 293 g/mol. The number of aromatic nitrogens is 1. The molecule has 2 rings (SSSR count). The summed E-state index contributed by atoms with van der Waals surface area (Å²) < 4.78 is 38.7. The minimum absolute atomic E-state index is 0.160. The summed E-state index contributed by atoms with van der Waals surface area (Å²) in [5.41, 5.74) is 0.661. The maximum absolute atomic E-state index is 12.9. The third-order valence-electron chi connectivity index (χ3n) is 3.18. The zero-order chi connectivity index (χ0) is 16.2.